The van der Waals surface area contributed by atoms with Gasteiger partial charge in [0.1, 0.15) is 5.75 Å². The van der Waals surface area contributed by atoms with Gasteiger partial charge in [-0.3, -0.25) is 4.39 Å². The summed E-state index contributed by atoms with van der Waals surface area (Å²) in [5, 5.41) is 3.99. The molecule has 0 aliphatic rings. The van der Waals surface area contributed by atoms with E-state index in [1.54, 1.807) is 6.07 Å². The highest BCUT2D eigenvalue weighted by Gasteiger charge is 2.04. The molecule has 0 atom stereocenters. The van der Waals surface area contributed by atoms with Gasteiger partial charge in [0.25, 0.3) is 0 Å². The van der Waals surface area contributed by atoms with Crippen molar-refractivity contribution in [1.29, 1.82) is 0 Å². The van der Waals surface area contributed by atoms with Crippen LogP contribution in [0.5, 0.6) is 5.75 Å². The first kappa shape index (κ1) is 14.3. The Morgan fingerprint density at radius 1 is 1.41 bits per heavy atom. The van der Waals surface area contributed by atoms with Crippen molar-refractivity contribution in [1.82, 2.24) is 5.32 Å². The molecule has 0 saturated carbocycles. The lowest BCUT2D eigenvalue weighted by Gasteiger charge is -2.12. The highest BCUT2D eigenvalue weighted by molar-refractivity contribution is 6.30. The van der Waals surface area contributed by atoms with Gasteiger partial charge in [0, 0.05) is 23.6 Å². The van der Waals surface area contributed by atoms with Gasteiger partial charge in [-0.15, -0.1) is 0 Å². The van der Waals surface area contributed by atoms with Crippen molar-refractivity contribution in [3.8, 4) is 5.75 Å². The summed E-state index contributed by atoms with van der Waals surface area (Å²) in [6.45, 7) is 3.84. The van der Waals surface area contributed by atoms with Gasteiger partial charge in [-0.05, 0) is 31.2 Å². The van der Waals surface area contributed by atoms with Gasteiger partial charge >= 0.3 is 0 Å². The van der Waals surface area contributed by atoms with Gasteiger partial charge in [0.2, 0.25) is 0 Å². The Labute approximate surface area is 107 Å². The monoisotopic (exact) mass is 259 g/mol. The van der Waals surface area contributed by atoms with Gasteiger partial charge < -0.3 is 10.1 Å². The molecule has 0 unspecified atom stereocenters. The molecule has 1 aromatic rings. The van der Waals surface area contributed by atoms with Crippen LogP contribution in [-0.2, 0) is 6.54 Å². The molecule has 0 heterocycles. The van der Waals surface area contributed by atoms with E-state index in [0.29, 0.717) is 18.1 Å². The number of hydrogen-bond donors (Lipinski definition) is 1. The second kappa shape index (κ2) is 8.31. The van der Waals surface area contributed by atoms with Gasteiger partial charge in [-0.2, -0.15) is 0 Å². The van der Waals surface area contributed by atoms with Crippen LogP contribution in [0.2, 0.25) is 5.02 Å². The van der Waals surface area contributed by atoms with E-state index in [2.05, 4.69) is 12.2 Å². The summed E-state index contributed by atoms with van der Waals surface area (Å²) < 4.78 is 17.5. The van der Waals surface area contributed by atoms with Crippen LogP contribution in [0.25, 0.3) is 0 Å². The molecule has 17 heavy (non-hydrogen) atoms. The zero-order valence-electron chi connectivity index (χ0n) is 10.1. The maximum atomic E-state index is 12.0. The predicted octanol–water partition coefficient (Wildman–Crippen LogP) is 3.58. The molecule has 0 aliphatic carbocycles. The number of benzene rings is 1. The molecule has 0 radical (unpaired) electrons. The second-order valence-electron chi connectivity index (χ2n) is 3.82. The maximum Gasteiger partial charge on any atom is 0.123 e. The van der Waals surface area contributed by atoms with E-state index < -0.39 is 0 Å². The highest BCUT2D eigenvalue weighted by Crippen LogP contribution is 2.23. The van der Waals surface area contributed by atoms with Gasteiger partial charge in [-0.1, -0.05) is 18.5 Å². The highest BCUT2D eigenvalue weighted by atomic mass is 35.5. The van der Waals surface area contributed by atoms with Crippen LogP contribution >= 0.6 is 11.6 Å². The lowest BCUT2D eigenvalue weighted by molar-refractivity contribution is 0.286. The van der Waals surface area contributed by atoms with Crippen molar-refractivity contribution in [2.75, 3.05) is 19.8 Å². The molecular formula is C13H19ClFNO. The van der Waals surface area contributed by atoms with Gasteiger partial charge in [0.05, 0.1) is 13.3 Å². The molecule has 4 heteroatoms. The molecule has 0 spiro atoms. The molecule has 0 saturated heterocycles. The quantitative estimate of drug-likeness (QED) is 0.721. The van der Waals surface area contributed by atoms with E-state index in [1.807, 2.05) is 12.1 Å². The molecule has 0 aromatic heterocycles. The van der Waals surface area contributed by atoms with Crippen LogP contribution in [0.4, 0.5) is 4.39 Å². The molecule has 0 aliphatic heterocycles. The minimum atomic E-state index is -0.350. The van der Waals surface area contributed by atoms with E-state index >= 15 is 0 Å². The predicted molar refractivity (Wildman–Crippen MR) is 69.5 cm³/mol. The van der Waals surface area contributed by atoms with Crippen LogP contribution in [0.3, 0.4) is 0 Å². The largest absolute Gasteiger partial charge is 0.493 e. The minimum Gasteiger partial charge on any atom is -0.493 e. The number of ether oxygens (including phenoxy) is 1. The molecule has 1 aromatic carbocycles. The first-order chi connectivity index (χ1) is 8.27. The third-order valence-electron chi connectivity index (χ3n) is 2.30. The smallest absolute Gasteiger partial charge is 0.123 e. The van der Waals surface area contributed by atoms with Crippen molar-refractivity contribution in [3.63, 3.8) is 0 Å². The van der Waals surface area contributed by atoms with E-state index in [9.17, 15) is 4.39 Å². The Morgan fingerprint density at radius 2 is 2.24 bits per heavy atom. The molecule has 1 N–H and O–H groups in total. The Hall–Kier alpha value is -0.800. The summed E-state index contributed by atoms with van der Waals surface area (Å²) in [6.07, 6.45) is 1.50. The van der Waals surface area contributed by atoms with Crippen LogP contribution < -0.4 is 10.1 Å². The summed E-state index contributed by atoms with van der Waals surface area (Å²) in [6, 6.07) is 5.51. The van der Waals surface area contributed by atoms with Crippen molar-refractivity contribution in [2.45, 2.75) is 26.3 Å². The minimum absolute atomic E-state index is 0.350. The first-order valence-electron chi connectivity index (χ1n) is 5.95. The average Bonchev–Trinajstić information content (AvgIpc) is 2.32. The fraction of sp³-hybridized carbons (Fsp3) is 0.538. The van der Waals surface area contributed by atoms with Crippen molar-refractivity contribution in [2.24, 2.45) is 0 Å². The molecule has 1 rings (SSSR count). The molecule has 0 bridgehead atoms. The molecule has 0 amide bonds. The summed E-state index contributed by atoms with van der Waals surface area (Å²) in [5.41, 5.74) is 1.02. The third-order valence-corrected chi connectivity index (χ3v) is 2.54. The summed E-state index contributed by atoms with van der Waals surface area (Å²) in [7, 11) is 0. The number of halogens is 2. The normalized spacial score (nSPS) is 10.5. The lowest BCUT2D eigenvalue weighted by Crippen LogP contribution is -2.15. The number of nitrogens with one attached hydrogen (secondary N) is 1. The standard InChI is InChI=1S/C13H19ClFNO/c1-2-7-16-10-11-9-12(14)4-5-13(11)17-8-3-6-15/h4-5,9,16H,2-3,6-8,10H2,1H3. The zero-order valence-corrected chi connectivity index (χ0v) is 10.9. The van der Waals surface area contributed by atoms with Crippen molar-refractivity contribution >= 4 is 11.6 Å². The molecule has 0 fully saturated rings. The van der Waals surface area contributed by atoms with E-state index in [0.717, 1.165) is 30.8 Å². The molecule has 2 nitrogen and oxygen atoms in total. The van der Waals surface area contributed by atoms with Crippen LogP contribution in [0.15, 0.2) is 18.2 Å². The van der Waals surface area contributed by atoms with Crippen LogP contribution in [0, 0.1) is 0 Å². The molecule has 96 valence electrons. The Morgan fingerprint density at radius 3 is 2.94 bits per heavy atom. The molecular weight excluding hydrogens is 241 g/mol. The SMILES string of the molecule is CCCNCc1cc(Cl)ccc1OCCCF. The summed E-state index contributed by atoms with van der Waals surface area (Å²) in [4.78, 5) is 0. The summed E-state index contributed by atoms with van der Waals surface area (Å²) in [5.74, 6) is 0.784. The fourth-order valence-electron chi connectivity index (χ4n) is 1.46. The van der Waals surface area contributed by atoms with Crippen LogP contribution in [-0.4, -0.2) is 19.8 Å². The average molecular weight is 260 g/mol. The third kappa shape index (κ3) is 5.37. The van der Waals surface area contributed by atoms with Crippen molar-refractivity contribution < 1.29 is 9.13 Å². The second-order valence-corrected chi connectivity index (χ2v) is 4.26. The van der Waals surface area contributed by atoms with Gasteiger partial charge in [0.15, 0.2) is 0 Å². The zero-order chi connectivity index (χ0) is 12.5. The number of alkyl halides is 1. The topological polar surface area (TPSA) is 21.3 Å². The van der Waals surface area contributed by atoms with Crippen LogP contribution in [0.1, 0.15) is 25.3 Å². The summed E-state index contributed by atoms with van der Waals surface area (Å²) >= 11 is 5.95. The lowest BCUT2D eigenvalue weighted by atomic mass is 10.2. The Kier molecular flexibility index (Phi) is 6.97. The first-order valence-corrected chi connectivity index (χ1v) is 6.33. The maximum absolute atomic E-state index is 12.0. The Balaban J connectivity index is 2.59. The van der Waals surface area contributed by atoms with E-state index in [1.165, 1.54) is 0 Å². The Bertz CT molecular complexity index is 333. The van der Waals surface area contributed by atoms with E-state index in [4.69, 9.17) is 16.3 Å². The van der Waals surface area contributed by atoms with E-state index in [-0.39, 0.29) is 6.67 Å². The van der Waals surface area contributed by atoms with Crippen molar-refractivity contribution in [3.05, 3.63) is 28.8 Å². The number of rotatable bonds is 8. The number of hydrogen-bond acceptors (Lipinski definition) is 2. The fourth-order valence-corrected chi connectivity index (χ4v) is 1.66. The van der Waals surface area contributed by atoms with Gasteiger partial charge in [-0.25, -0.2) is 0 Å².